The monoisotopic (exact) mass is 307 g/mol. The first kappa shape index (κ1) is 15.7. The van der Waals surface area contributed by atoms with Crippen LogP contribution in [-0.4, -0.2) is 45.1 Å². The Bertz CT molecular complexity index is 620. The number of hydrogen-bond donors (Lipinski definition) is 1. The highest BCUT2D eigenvalue weighted by Gasteiger charge is 2.16. The smallest absolute Gasteiger partial charge is 0.305 e. The Balaban J connectivity index is 1.86. The number of carboxylic acid groups (broad SMARTS) is 1. The maximum absolute atomic E-state index is 12.0. The van der Waals surface area contributed by atoms with Crippen molar-refractivity contribution >= 4 is 11.9 Å². The van der Waals surface area contributed by atoms with E-state index in [1.165, 1.54) is 11.2 Å². The molecule has 8 heteroatoms. The van der Waals surface area contributed by atoms with Gasteiger partial charge in [-0.25, -0.2) is 0 Å². The van der Waals surface area contributed by atoms with Gasteiger partial charge in [-0.05, 0) is 19.1 Å². The molecule has 2 rings (SSSR count). The molecule has 0 aliphatic rings. The first-order valence-electron chi connectivity index (χ1n) is 6.96. The van der Waals surface area contributed by atoms with E-state index in [0.29, 0.717) is 30.4 Å². The number of carbonyl (C=O) groups excluding carboxylic acids is 1. The van der Waals surface area contributed by atoms with Crippen molar-refractivity contribution in [3.05, 3.63) is 24.3 Å². The van der Waals surface area contributed by atoms with Crippen LogP contribution >= 0.6 is 0 Å². The van der Waals surface area contributed by atoms with Gasteiger partial charge in [-0.1, -0.05) is 5.16 Å². The second-order valence-corrected chi connectivity index (χ2v) is 4.61. The van der Waals surface area contributed by atoms with Crippen molar-refractivity contribution in [2.75, 3.05) is 13.1 Å². The second-order valence-electron chi connectivity index (χ2n) is 4.61. The van der Waals surface area contributed by atoms with Crippen LogP contribution in [-0.2, 0) is 16.0 Å². The zero-order valence-electron chi connectivity index (χ0n) is 12.2. The number of carboxylic acids is 1. The van der Waals surface area contributed by atoms with E-state index < -0.39 is 5.97 Å². The Morgan fingerprint density at radius 1 is 1.36 bits per heavy atom. The summed E-state index contributed by atoms with van der Waals surface area (Å²) in [6.45, 7) is 2.47. The summed E-state index contributed by atoms with van der Waals surface area (Å²) in [5, 5.41) is 12.4. The maximum Gasteiger partial charge on any atom is 0.305 e. The minimum atomic E-state index is -0.925. The fourth-order valence-corrected chi connectivity index (χ4v) is 1.92. The van der Waals surface area contributed by atoms with Gasteiger partial charge in [-0.3, -0.25) is 9.59 Å². The largest absolute Gasteiger partial charge is 0.481 e. The van der Waals surface area contributed by atoms with Crippen LogP contribution in [0.4, 0.5) is 0 Å². The number of hydrogen-bond acceptors (Lipinski definition) is 6. The molecule has 2 heterocycles. The number of aryl methyl sites for hydroxylation is 1. The van der Waals surface area contributed by atoms with Crippen LogP contribution < -0.4 is 0 Å². The molecule has 0 fully saturated rings. The zero-order valence-corrected chi connectivity index (χ0v) is 12.2. The molecule has 1 N–H and O–H groups in total. The molecule has 0 aliphatic carbocycles. The normalized spacial score (nSPS) is 10.6. The Morgan fingerprint density at radius 2 is 2.18 bits per heavy atom. The molecular weight excluding hydrogens is 290 g/mol. The summed E-state index contributed by atoms with van der Waals surface area (Å²) in [5.74, 6) is 0.116. The van der Waals surface area contributed by atoms with Crippen LogP contribution in [0.25, 0.3) is 11.6 Å². The van der Waals surface area contributed by atoms with E-state index in [1.54, 1.807) is 12.1 Å². The first-order chi connectivity index (χ1) is 10.6. The summed E-state index contributed by atoms with van der Waals surface area (Å²) in [6, 6.07) is 3.43. The minimum Gasteiger partial charge on any atom is -0.481 e. The van der Waals surface area contributed by atoms with E-state index in [2.05, 4.69) is 10.1 Å². The molecule has 118 valence electrons. The van der Waals surface area contributed by atoms with Gasteiger partial charge in [0.1, 0.15) is 0 Å². The summed E-state index contributed by atoms with van der Waals surface area (Å²) >= 11 is 0. The third kappa shape index (κ3) is 4.18. The zero-order chi connectivity index (χ0) is 15.9. The van der Waals surface area contributed by atoms with Crippen molar-refractivity contribution in [2.45, 2.75) is 26.2 Å². The molecular formula is C14H17N3O5. The number of aromatic nitrogens is 2. The third-order valence-electron chi connectivity index (χ3n) is 3.09. The molecule has 0 saturated heterocycles. The Morgan fingerprint density at radius 3 is 2.82 bits per heavy atom. The van der Waals surface area contributed by atoms with Crippen molar-refractivity contribution < 1.29 is 23.6 Å². The highest BCUT2D eigenvalue weighted by atomic mass is 16.5. The molecule has 0 saturated carbocycles. The molecule has 2 aromatic rings. The minimum absolute atomic E-state index is 0.0667. The van der Waals surface area contributed by atoms with Crippen molar-refractivity contribution in [1.29, 1.82) is 0 Å². The average molecular weight is 307 g/mol. The van der Waals surface area contributed by atoms with Crippen LogP contribution in [0.3, 0.4) is 0 Å². The van der Waals surface area contributed by atoms with Crippen molar-refractivity contribution in [3.8, 4) is 11.6 Å². The van der Waals surface area contributed by atoms with E-state index in [1.807, 2.05) is 6.92 Å². The van der Waals surface area contributed by atoms with Gasteiger partial charge in [0.05, 0.1) is 12.7 Å². The van der Waals surface area contributed by atoms with Crippen molar-refractivity contribution in [1.82, 2.24) is 15.0 Å². The highest BCUT2D eigenvalue weighted by Crippen LogP contribution is 2.16. The van der Waals surface area contributed by atoms with Crippen LogP contribution in [0, 0.1) is 0 Å². The number of carbonyl (C=O) groups is 2. The molecule has 22 heavy (non-hydrogen) atoms. The number of furan rings is 1. The number of nitrogens with zero attached hydrogens (tertiary/aromatic N) is 3. The Kier molecular flexibility index (Phi) is 5.29. The molecule has 8 nitrogen and oxygen atoms in total. The lowest BCUT2D eigenvalue weighted by Gasteiger charge is -2.19. The molecule has 0 spiro atoms. The van der Waals surface area contributed by atoms with E-state index in [-0.39, 0.29) is 25.3 Å². The van der Waals surface area contributed by atoms with E-state index in [0.717, 1.165) is 0 Å². The van der Waals surface area contributed by atoms with Gasteiger partial charge in [-0.15, -0.1) is 0 Å². The van der Waals surface area contributed by atoms with Crippen LogP contribution in [0.2, 0.25) is 0 Å². The fraction of sp³-hybridized carbons (Fsp3) is 0.429. The lowest BCUT2D eigenvalue weighted by atomic mass is 10.2. The number of amides is 1. The Labute approximate surface area is 126 Å². The van der Waals surface area contributed by atoms with Crippen LogP contribution in [0.5, 0.6) is 0 Å². The van der Waals surface area contributed by atoms with Gasteiger partial charge >= 0.3 is 5.97 Å². The summed E-state index contributed by atoms with van der Waals surface area (Å²) in [6.07, 6.45) is 1.93. The van der Waals surface area contributed by atoms with Crippen molar-refractivity contribution in [2.24, 2.45) is 0 Å². The summed E-state index contributed by atoms with van der Waals surface area (Å²) in [5.41, 5.74) is 0. The first-order valence-corrected chi connectivity index (χ1v) is 6.96. The summed E-state index contributed by atoms with van der Waals surface area (Å²) < 4.78 is 10.2. The fourth-order valence-electron chi connectivity index (χ4n) is 1.92. The molecule has 0 unspecified atom stereocenters. The lowest BCUT2D eigenvalue weighted by Crippen LogP contribution is -2.33. The Hall–Kier alpha value is -2.64. The SMILES string of the molecule is CCN(CCC(=O)O)C(=O)CCc1nc(-c2ccco2)no1. The maximum atomic E-state index is 12.0. The van der Waals surface area contributed by atoms with Crippen LogP contribution in [0.15, 0.2) is 27.3 Å². The molecule has 0 radical (unpaired) electrons. The van der Waals surface area contributed by atoms with Gasteiger partial charge in [0.2, 0.25) is 17.6 Å². The molecule has 1 amide bonds. The van der Waals surface area contributed by atoms with Gasteiger partial charge in [0.15, 0.2) is 5.76 Å². The second kappa shape index (κ2) is 7.39. The molecule has 2 aromatic heterocycles. The standard InChI is InChI=1S/C14H17N3O5/c1-2-17(8-7-13(19)20)12(18)6-5-11-15-14(16-22-11)10-4-3-9-21-10/h3-4,9H,2,5-8H2,1H3,(H,19,20). The van der Waals surface area contributed by atoms with Crippen LogP contribution in [0.1, 0.15) is 25.7 Å². The highest BCUT2D eigenvalue weighted by molar-refractivity contribution is 5.77. The molecule has 0 aliphatic heterocycles. The van der Waals surface area contributed by atoms with Gasteiger partial charge in [-0.2, -0.15) is 4.98 Å². The third-order valence-corrected chi connectivity index (χ3v) is 3.09. The van der Waals surface area contributed by atoms with E-state index >= 15 is 0 Å². The van der Waals surface area contributed by atoms with E-state index in [9.17, 15) is 9.59 Å². The molecule has 0 atom stereocenters. The van der Waals surface area contributed by atoms with Crippen molar-refractivity contribution in [3.63, 3.8) is 0 Å². The van der Waals surface area contributed by atoms with Gasteiger partial charge in [0.25, 0.3) is 0 Å². The predicted molar refractivity (Wildman–Crippen MR) is 74.8 cm³/mol. The molecule has 0 aromatic carbocycles. The van der Waals surface area contributed by atoms with Gasteiger partial charge < -0.3 is 18.9 Å². The quantitative estimate of drug-likeness (QED) is 0.788. The average Bonchev–Trinajstić information content (AvgIpc) is 3.16. The molecule has 0 bridgehead atoms. The topological polar surface area (TPSA) is 110 Å². The number of rotatable bonds is 8. The van der Waals surface area contributed by atoms with E-state index in [4.69, 9.17) is 14.0 Å². The van der Waals surface area contributed by atoms with Gasteiger partial charge in [0, 0.05) is 25.9 Å². The number of aliphatic carboxylic acids is 1. The summed E-state index contributed by atoms with van der Waals surface area (Å²) in [4.78, 5) is 28.2. The lowest BCUT2D eigenvalue weighted by molar-refractivity contribution is -0.138. The predicted octanol–water partition coefficient (Wildman–Crippen LogP) is 1.59. The summed E-state index contributed by atoms with van der Waals surface area (Å²) in [7, 11) is 0.